The van der Waals surface area contributed by atoms with Crippen LogP contribution in [0, 0.1) is 0 Å². The Morgan fingerprint density at radius 1 is 0.140 bits per heavy atom. The van der Waals surface area contributed by atoms with Gasteiger partial charge in [0.25, 0.3) is 0 Å². The summed E-state index contributed by atoms with van der Waals surface area (Å²) in [6.45, 7) is 53.8. The first kappa shape index (κ1) is 94.8. The number of hydrogen-bond donors (Lipinski definition) is 0. The van der Waals surface area contributed by atoms with Crippen LogP contribution in [0.1, 0.15) is 222 Å². The number of benzene rings is 18. The lowest BCUT2D eigenvalue weighted by Crippen LogP contribution is -2.12. The molecular weight excluding hydrogens is 1680 g/mol. The molecule has 0 fully saturated rings. The molecule has 0 N–H and O–H groups in total. The summed E-state index contributed by atoms with van der Waals surface area (Å²) in [7, 11) is 0. The highest BCUT2D eigenvalue weighted by Crippen LogP contribution is 2.57. The zero-order valence-electron chi connectivity index (χ0n) is 83.4. The summed E-state index contributed by atoms with van der Waals surface area (Å²) >= 11 is 0. The van der Waals surface area contributed by atoms with Gasteiger partial charge in [0.15, 0.2) is 0 Å². The zero-order valence-corrected chi connectivity index (χ0v) is 83.4. The minimum absolute atomic E-state index is 0.0206. The van der Waals surface area contributed by atoms with Gasteiger partial charge in [-0.25, -0.2) is 0 Å². The lowest BCUT2D eigenvalue weighted by molar-refractivity contribution is -0.138. The predicted molar refractivity (Wildman–Crippen MR) is 572 cm³/mol. The van der Waals surface area contributed by atoms with E-state index in [0.29, 0.717) is 11.1 Å². The SMILES string of the molecule is CC(C)(C)c1ccc(-c2cc(C(C)(C)C)cc3c(-c4ccc(-c5ccccc5)cc4)c4c(-c5ccc(C(C)(C)C)cc5)c5ccc(C(C)(C)C)cc5cc4c(-c4ccc(-c5ccccc5)cc4)c23)cc1.CC(C)(C)c1ccc(-c2cc(C(C)(C)C)cc3c(-c4ccc(C(F)(F)F)cc4)c4c(-c5ccc(C(C)(C)C)cc5)c5ccc(C(C)(C)C)cc5cc4c(-c4ccc(C(F)(F)F)cc4)c23)cc1. The van der Waals surface area contributed by atoms with Crippen LogP contribution >= 0.6 is 0 Å². The molecule has 0 aliphatic heterocycles. The monoisotopic (exact) mass is 1800 g/mol. The summed E-state index contributed by atoms with van der Waals surface area (Å²) in [6.07, 6.45) is -9.11. The molecule has 0 saturated heterocycles. The molecule has 18 aromatic carbocycles. The van der Waals surface area contributed by atoms with E-state index in [1.54, 1.807) is 24.3 Å². The maximum absolute atomic E-state index is 14.3. The summed E-state index contributed by atoms with van der Waals surface area (Å²) in [5, 5.41) is 12.7. The van der Waals surface area contributed by atoms with Crippen molar-refractivity contribution in [2.24, 2.45) is 0 Å². The molecule has 0 atom stereocenters. The van der Waals surface area contributed by atoms with E-state index in [0.717, 1.165) is 112 Å². The van der Waals surface area contributed by atoms with Gasteiger partial charge in [0.1, 0.15) is 0 Å². The third kappa shape index (κ3) is 18.8. The second-order valence-corrected chi connectivity index (χ2v) is 46.0. The zero-order chi connectivity index (χ0) is 97.4. The Kier molecular flexibility index (Phi) is 24.2. The molecule has 0 aliphatic carbocycles. The summed E-state index contributed by atoms with van der Waals surface area (Å²) in [5.41, 5.74) is 28.3. The van der Waals surface area contributed by atoms with Gasteiger partial charge in [-0.05, 0) is 324 Å². The lowest BCUT2D eigenvalue weighted by atomic mass is 9.75. The molecular formula is C130H126F6. The van der Waals surface area contributed by atoms with Gasteiger partial charge >= 0.3 is 12.4 Å². The standard InChI is InChI=1S/C70H68.C60H58F6/c1-67(2,3)54-35-31-49(32-36-54)59-43-57(70(10,11)12)44-61-64(51-29-25-48(26-30-51)46-21-17-14-18-22-46)66-60(63(65(59)61)50-27-23-47(24-28-50)45-19-15-13-16-20-45)42-53-41-56(69(7,8)9)39-40-58(53)62(66)52-33-37-55(38-34-52)68(4,5)6;1-55(2,3)40-21-13-35(14-22-40)47-33-45(58(10,11)12)34-49-52(38-19-27-43(28-20-38)60(64,65)66)54-48(51(53(47)49)37-17-25-42(26-18-37)59(61,62)63)32-39-31-44(57(7,8)9)29-30-46(39)50(54)36-15-23-41(24-16-36)56(4,5)6/h13-44H,1-12H3;13-34H,1-12H3. The van der Waals surface area contributed by atoms with Crippen molar-refractivity contribution in [3.63, 3.8) is 0 Å². The van der Waals surface area contributed by atoms with Crippen LogP contribution in [0.2, 0.25) is 0 Å². The van der Waals surface area contributed by atoms with Crippen molar-refractivity contribution in [2.75, 3.05) is 0 Å². The Bertz CT molecular complexity index is 7560. The molecule has 0 aliphatic rings. The van der Waals surface area contributed by atoms with E-state index in [1.165, 1.54) is 121 Å². The minimum atomic E-state index is -4.55. The Morgan fingerprint density at radius 3 is 0.574 bits per heavy atom. The largest absolute Gasteiger partial charge is 0.416 e. The van der Waals surface area contributed by atoms with Crippen molar-refractivity contribution in [1.82, 2.24) is 0 Å². The molecule has 688 valence electrons. The number of alkyl halides is 6. The molecule has 0 bridgehead atoms. The fraction of sp³-hybridized carbons (Fsp3) is 0.262. The van der Waals surface area contributed by atoms with Gasteiger partial charge in [-0.3, -0.25) is 0 Å². The molecule has 6 heteroatoms. The normalized spacial score (nSPS) is 12.9. The van der Waals surface area contributed by atoms with Crippen molar-refractivity contribution in [3.8, 4) is 111 Å². The first-order valence-corrected chi connectivity index (χ1v) is 48.0. The molecule has 0 aromatic heterocycles. The van der Waals surface area contributed by atoms with Crippen LogP contribution in [-0.2, 0) is 55.7 Å². The van der Waals surface area contributed by atoms with Gasteiger partial charge in [-0.2, -0.15) is 26.3 Å². The first-order chi connectivity index (χ1) is 63.7. The highest BCUT2D eigenvalue weighted by molar-refractivity contribution is 6.33. The van der Waals surface area contributed by atoms with Gasteiger partial charge in [-0.15, -0.1) is 0 Å². The first-order valence-electron chi connectivity index (χ1n) is 48.0. The van der Waals surface area contributed by atoms with Gasteiger partial charge in [0.2, 0.25) is 0 Å². The Labute approximate surface area is 802 Å². The van der Waals surface area contributed by atoms with E-state index in [-0.39, 0.29) is 43.3 Å². The van der Waals surface area contributed by atoms with E-state index < -0.39 is 23.5 Å². The summed E-state index contributed by atoms with van der Waals surface area (Å²) < 4.78 is 85.9. The number of rotatable bonds is 10. The molecule has 0 nitrogen and oxygen atoms in total. The molecule has 18 rings (SSSR count). The van der Waals surface area contributed by atoms with Crippen molar-refractivity contribution < 1.29 is 26.3 Å². The smallest absolute Gasteiger partial charge is 0.166 e. The van der Waals surface area contributed by atoms with E-state index in [9.17, 15) is 26.3 Å². The molecule has 0 unspecified atom stereocenters. The second-order valence-electron chi connectivity index (χ2n) is 46.0. The molecule has 136 heavy (non-hydrogen) atoms. The van der Waals surface area contributed by atoms with E-state index >= 15 is 0 Å². The van der Waals surface area contributed by atoms with E-state index in [1.807, 2.05) is 0 Å². The van der Waals surface area contributed by atoms with E-state index in [4.69, 9.17) is 0 Å². The second kappa shape index (κ2) is 34.7. The van der Waals surface area contributed by atoms with Crippen LogP contribution in [0.4, 0.5) is 26.3 Å². The van der Waals surface area contributed by atoms with Crippen molar-refractivity contribution in [1.29, 1.82) is 0 Å². The predicted octanol–water partition coefficient (Wildman–Crippen LogP) is 39.4. The van der Waals surface area contributed by atoms with Gasteiger partial charge in [0, 0.05) is 0 Å². The molecule has 0 saturated carbocycles. The van der Waals surface area contributed by atoms with E-state index in [2.05, 4.69) is 445 Å². The van der Waals surface area contributed by atoms with Crippen LogP contribution < -0.4 is 0 Å². The van der Waals surface area contributed by atoms with Crippen LogP contribution in [0.25, 0.3) is 176 Å². The molecule has 0 amide bonds. The average Bonchev–Trinajstić information content (AvgIpc) is 0.700. The van der Waals surface area contributed by atoms with Crippen LogP contribution in [0.3, 0.4) is 0 Å². The van der Waals surface area contributed by atoms with Crippen LogP contribution in [-0.4, -0.2) is 0 Å². The highest BCUT2D eigenvalue weighted by atomic mass is 19.4. The van der Waals surface area contributed by atoms with Crippen LogP contribution in [0.15, 0.2) is 328 Å². The third-order valence-corrected chi connectivity index (χ3v) is 27.9. The quantitative estimate of drug-likeness (QED) is 0.0946. The number of fused-ring (bicyclic) bond motifs is 6. The molecule has 18 aromatic rings. The molecule has 0 spiro atoms. The lowest BCUT2D eigenvalue weighted by Gasteiger charge is -2.28. The highest BCUT2D eigenvalue weighted by Gasteiger charge is 2.36. The van der Waals surface area contributed by atoms with Crippen molar-refractivity contribution >= 4 is 64.6 Å². The maximum Gasteiger partial charge on any atom is 0.416 e. The number of halogens is 6. The topological polar surface area (TPSA) is 0 Å². The summed E-state index contributed by atoms with van der Waals surface area (Å²) in [6, 6.07) is 115. The molecule has 0 radical (unpaired) electrons. The average molecular weight is 1800 g/mol. The van der Waals surface area contributed by atoms with Crippen LogP contribution in [0.5, 0.6) is 0 Å². The van der Waals surface area contributed by atoms with Gasteiger partial charge < -0.3 is 0 Å². The maximum atomic E-state index is 14.3. The summed E-state index contributed by atoms with van der Waals surface area (Å²) in [4.78, 5) is 0. The fourth-order valence-electron chi connectivity index (χ4n) is 19.7. The van der Waals surface area contributed by atoms with Gasteiger partial charge in [0.05, 0.1) is 11.1 Å². The molecule has 0 heterocycles. The Balaban J connectivity index is 0.000000189. The Morgan fingerprint density at radius 2 is 0.331 bits per heavy atom. The summed E-state index contributed by atoms with van der Waals surface area (Å²) in [5.74, 6) is 0. The van der Waals surface area contributed by atoms with Gasteiger partial charge in [-0.1, -0.05) is 433 Å². The Hall–Kier alpha value is -12.9. The number of hydrogen-bond acceptors (Lipinski definition) is 0. The fourth-order valence-corrected chi connectivity index (χ4v) is 19.7. The van der Waals surface area contributed by atoms with Crippen molar-refractivity contribution in [2.45, 2.75) is 222 Å². The third-order valence-electron chi connectivity index (χ3n) is 27.9. The van der Waals surface area contributed by atoms with Crippen molar-refractivity contribution in [3.05, 3.63) is 383 Å². The minimum Gasteiger partial charge on any atom is -0.166 e.